The number of halogens is 1. The number of rotatable bonds is 6. The summed E-state index contributed by atoms with van der Waals surface area (Å²) in [6.07, 6.45) is 4.48. The van der Waals surface area contributed by atoms with Crippen molar-refractivity contribution in [2.75, 3.05) is 45.9 Å². The summed E-state index contributed by atoms with van der Waals surface area (Å²) in [6.45, 7) is 7.10. The molecule has 1 saturated heterocycles. The van der Waals surface area contributed by atoms with Gasteiger partial charge in [-0.05, 0) is 55.3 Å². The molecule has 2 aliphatic rings. The lowest BCUT2D eigenvalue weighted by Crippen LogP contribution is -2.50. The van der Waals surface area contributed by atoms with Crippen LogP contribution in [0.4, 0.5) is 0 Å². The van der Waals surface area contributed by atoms with E-state index in [1.54, 1.807) is 0 Å². The largest absolute Gasteiger partial charge is 0.486 e. The molecule has 1 fully saturated rings. The predicted molar refractivity (Wildman–Crippen MR) is 121 cm³/mol. The van der Waals surface area contributed by atoms with Gasteiger partial charge in [-0.25, -0.2) is 0 Å². The van der Waals surface area contributed by atoms with E-state index in [4.69, 9.17) is 21.1 Å². The Bertz CT molecular complexity index is 997. The zero-order valence-corrected chi connectivity index (χ0v) is 17.9. The monoisotopic (exact) mass is 425 g/mol. The highest BCUT2D eigenvalue weighted by atomic mass is 35.5. The van der Waals surface area contributed by atoms with Crippen LogP contribution < -0.4 is 9.47 Å². The molecule has 5 rings (SSSR count). The number of nitrogens with zero attached hydrogens (tertiary/aromatic N) is 2. The molecule has 0 spiro atoms. The summed E-state index contributed by atoms with van der Waals surface area (Å²) in [5.74, 6) is 1.72. The molecule has 5 nitrogen and oxygen atoms in total. The Kier molecular flexibility index (Phi) is 5.84. The van der Waals surface area contributed by atoms with Gasteiger partial charge in [-0.1, -0.05) is 23.7 Å². The number of aryl methyl sites for hydroxylation is 1. The van der Waals surface area contributed by atoms with Crippen molar-refractivity contribution in [2.24, 2.45) is 0 Å². The fraction of sp³-hybridized carbons (Fsp3) is 0.417. The zero-order valence-electron chi connectivity index (χ0n) is 17.1. The number of ether oxygens (including phenoxy) is 2. The van der Waals surface area contributed by atoms with E-state index >= 15 is 0 Å². The van der Waals surface area contributed by atoms with Crippen LogP contribution in [-0.2, 0) is 6.42 Å². The van der Waals surface area contributed by atoms with Crippen LogP contribution in [0.25, 0.3) is 10.9 Å². The molecule has 0 saturated carbocycles. The highest BCUT2D eigenvalue weighted by Crippen LogP contribution is 2.31. The number of H-pyrrole nitrogens is 1. The first-order chi connectivity index (χ1) is 14.7. The summed E-state index contributed by atoms with van der Waals surface area (Å²) < 4.78 is 12.0. The number of piperazine rings is 1. The summed E-state index contributed by atoms with van der Waals surface area (Å²) in [7, 11) is 0. The lowest BCUT2D eigenvalue weighted by Gasteiger charge is -2.37. The van der Waals surface area contributed by atoms with E-state index in [1.807, 2.05) is 30.3 Å². The fourth-order valence-electron chi connectivity index (χ4n) is 4.49. The quantitative estimate of drug-likeness (QED) is 0.642. The highest BCUT2D eigenvalue weighted by Gasteiger charge is 2.25. The topological polar surface area (TPSA) is 40.7 Å². The number of aromatic amines is 1. The average Bonchev–Trinajstić information content (AvgIpc) is 3.17. The number of benzene rings is 2. The number of para-hydroxylation sites is 2. The summed E-state index contributed by atoms with van der Waals surface area (Å²) >= 11 is 6.17. The molecule has 30 heavy (non-hydrogen) atoms. The minimum atomic E-state index is 0.111. The Hall–Kier alpha value is -2.21. The second-order valence-electron chi connectivity index (χ2n) is 8.25. The Labute approximate surface area is 182 Å². The van der Waals surface area contributed by atoms with Gasteiger partial charge >= 0.3 is 0 Å². The number of hydrogen-bond acceptors (Lipinski definition) is 4. The first-order valence-electron chi connectivity index (χ1n) is 10.8. The molecule has 3 heterocycles. The van der Waals surface area contributed by atoms with Crippen LogP contribution >= 0.6 is 11.6 Å². The van der Waals surface area contributed by atoms with Crippen molar-refractivity contribution in [1.82, 2.24) is 14.8 Å². The van der Waals surface area contributed by atoms with E-state index in [0.29, 0.717) is 6.61 Å². The third-order valence-corrected chi connectivity index (χ3v) is 6.38. The van der Waals surface area contributed by atoms with Gasteiger partial charge in [-0.15, -0.1) is 0 Å². The lowest BCUT2D eigenvalue weighted by atomic mass is 10.1. The third kappa shape index (κ3) is 4.43. The van der Waals surface area contributed by atoms with Crippen molar-refractivity contribution in [3.8, 4) is 11.5 Å². The molecule has 2 aromatic carbocycles. The van der Waals surface area contributed by atoms with Gasteiger partial charge in [0.15, 0.2) is 11.5 Å². The molecule has 1 atom stereocenters. The molecule has 158 valence electrons. The van der Waals surface area contributed by atoms with Gasteiger partial charge in [0.2, 0.25) is 0 Å². The Morgan fingerprint density at radius 3 is 2.67 bits per heavy atom. The van der Waals surface area contributed by atoms with Crippen molar-refractivity contribution >= 4 is 22.5 Å². The standard InChI is InChI=1S/C24H28ClN3O2/c25-19-7-8-22-21(14-19)18(15-26-22)4-3-9-27-10-12-28(13-11-27)16-20-17-29-23-5-1-2-6-24(23)30-20/h1-2,5-8,14-15,20,26H,3-4,9-13,16-17H2. The van der Waals surface area contributed by atoms with E-state index in [-0.39, 0.29) is 6.10 Å². The molecule has 3 aromatic rings. The lowest BCUT2D eigenvalue weighted by molar-refractivity contribution is 0.0402. The van der Waals surface area contributed by atoms with Gasteiger partial charge in [0.25, 0.3) is 0 Å². The first-order valence-corrected chi connectivity index (χ1v) is 11.2. The smallest absolute Gasteiger partial charge is 0.161 e. The summed E-state index contributed by atoms with van der Waals surface area (Å²) in [4.78, 5) is 8.43. The van der Waals surface area contributed by atoms with Gasteiger partial charge in [0.1, 0.15) is 12.7 Å². The van der Waals surface area contributed by atoms with Gasteiger partial charge in [0.05, 0.1) is 0 Å². The van der Waals surface area contributed by atoms with Crippen LogP contribution in [0.1, 0.15) is 12.0 Å². The van der Waals surface area contributed by atoms with E-state index in [0.717, 1.165) is 68.6 Å². The molecule has 0 bridgehead atoms. The number of fused-ring (bicyclic) bond motifs is 2. The molecule has 0 aliphatic carbocycles. The zero-order chi connectivity index (χ0) is 20.3. The number of aromatic nitrogens is 1. The molecule has 0 amide bonds. The first kappa shape index (κ1) is 19.7. The van der Waals surface area contributed by atoms with Crippen LogP contribution in [0, 0.1) is 0 Å². The minimum absolute atomic E-state index is 0.111. The normalized spacial score (nSPS) is 20.0. The van der Waals surface area contributed by atoms with Crippen molar-refractivity contribution in [2.45, 2.75) is 18.9 Å². The predicted octanol–water partition coefficient (Wildman–Crippen LogP) is 4.21. The van der Waals surface area contributed by atoms with Crippen molar-refractivity contribution < 1.29 is 9.47 Å². The van der Waals surface area contributed by atoms with Crippen molar-refractivity contribution in [3.63, 3.8) is 0 Å². The van der Waals surface area contributed by atoms with Crippen LogP contribution in [0.3, 0.4) is 0 Å². The Morgan fingerprint density at radius 1 is 1.00 bits per heavy atom. The molecule has 0 radical (unpaired) electrons. The molecule has 1 aromatic heterocycles. The number of hydrogen-bond donors (Lipinski definition) is 1. The fourth-order valence-corrected chi connectivity index (χ4v) is 4.66. The van der Waals surface area contributed by atoms with Gasteiger partial charge in [0, 0.05) is 54.8 Å². The van der Waals surface area contributed by atoms with Crippen LogP contribution in [0.15, 0.2) is 48.7 Å². The van der Waals surface area contributed by atoms with Crippen LogP contribution in [0.5, 0.6) is 11.5 Å². The Morgan fingerprint density at radius 2 is 1.80 bits per heavy atom. The van der Waals surface area contributed by atoms with E-state index < -0.39 is 0 Å². The summed E-state index contributed by atoms with van der Waals surface area (Å²) in [6, 6.07) is 14.0. The van der Waals surface area contributed by atoms with Gasteiger partial charge in [-0.2, -0.15) is 0 Å². The molecule has 1 N–H and O–H groups in total. The maximum atomic E-state index is 6.17. The van der Waals surface area contributed by atoms with Crippen molar-refractivity contribution in [1.29, 1.82) is 0 Å². The summed E-state index contributed by atoms with van der Waals surface area (Å²) in [5.41, 5.74) is 2.53. The molecular weight excluding hydrogens is 398 g/mol. The van der Waals surface area contributed by atoms with Crippen LogP contribution in [0.2, 0.25) is 5.02 Å². The highest BCUT2D eigenvalue weighted by molar-refractivity contribution is 6.31. The minimum Gasteiger partial charge on any atom is -0.486 e. The second-order valence-corrected chi connectivity index (χ2v) is 8.68. The van der Waals surface area contributed by atoms with Crippen LogP contribution in [-0.4, -0.2) is 66.8 Å². The summed E-state index contributed by atoms with van der Waals surface area (Å²) in [5, 5.41) is 2.05. The molecular formula is C24H28ClN3O2. The number of nitrogens with one attached hydrogen (secondary N) is 1. The molecule has 6 heteroatoms. The van der Waals surface area contributed by atoms with E-state index in [2.05, 4.69) is 33.1 Å². The van der Waals surface area contributed by atoms with Crippen molar-refractivity contribution in [3.05, 3.63) is 59.2 Å². The van der Waals surface area contributed by atoms with Gasteiger partial charge < -0.3 is 19.4 Å². The second kappa shape index (κ2) is 8.88. The molecule has 2 aliphatic heterocycles. The SMILES string of the molecule is Clc1ccc2[nH]cc(CCCN3CCN(CC4COc5ccccc5O4)CC3)c2c1. The maximum absolute atomic E-state index is 6.17. The van der Waals surface area contributed by atoms with Gasteiger partial charge in [-0.3, -0.25) is 4.90 Å². The third-order valence-electron chi connectivity index (χ3n) is 6.14. The maximum Gasteiger partial charge on any atom is 0.161 e. The molecule has 1 unspecified atom stereocenters. The van der Waals surface area contributed by atoms with E-state index in [1.165, 1.54) is 16.5 Å². The van der Waals surface area contributed by atoms with E-state index in [9.17, 15) is 0 Å². The average molecular weight is 426 g/mol. The Balaban J connectivity index is 1.06.